The lowest BCUT2D eigenvalue weighted by atomic mass is 9.96. The Morgan fingerprint density at radius 3 is 2.05 bits per heavy atom. The molecule has 1 heterocycles. The van der Waals surface area contributed by atoms with Gasteiger partial charge in [0.25, 0.3) is 0 Å². The van der Waals surface area contributed by atoms with Gasteiger partial charge in [0.2, 0.25) is 0 Å². The third-order valence-electron chi connectivity index (χ3n) is 7.09. The molecule has 0 bridgehead atoms. The predicted octanol–water partition coefficient (Wildman–Crippen LogP) is 6.35. The van der Waals surface area contributed by atoms with Gasteiger partial charge < -0.3 is 19.9 Å². The summed E-state index contributed by atoms with van der Waals surface area (Å²) < 4.78 is 12.6. The van der Waals surface area contributed by atoms with Gasteiger partial charge in [-0.15, -0.1) is 0 Å². The molecule has 0 unspecified atom stereocenters. The fraction of sp³-hybridized carbons (Fsp3) is 0.281. The van der Waals surface area contributed by atoms with E-state index in [1.165, 1.54) is 11.5 Å². The van der Waals surface area contributed by atoms with Gasteiger partial charge in [-0.05, 0) is 62.1 Å². The number of alkyl carbamates (subject to hydrolysis) is 1. The number of rotatable bonds is 6. The van der Waals surface area contributed by atoms with E-state index in [-0.39, 0.29) is 18.9 Å². The second kappa shape index (κ2) is 10.2. The van der Waals surface area contributed by atoms with Crippen LogP contribution in [0.4, 0.5) is 9.59 Å². The van der Waals surface area contributed by atoms with Crippen LogP contribution in [0.15, 0.2) is 78.9 Å². The number of hydrogen-bond acceptors (Lipinski definition) is 5. The number of fused-ring (bicyclic) bond motifs is 4. The molecule has 5 rings (SSSR count). The van der Waals surface area contributed by atoms with E-state index < -0.39 is 29.3 Å². The average Bonchev–Trinajstić information content (AvgIpc) is 3.41. The smallest absolute Gasteiger partial charge is 0.419 e. The van der Waals surface area contributed by atoms with Crippen LogP contribution >= 0.6 is 0 Å². The summed E-state index contributed by atoms with van der Waals surface area (Å²) in [7, 11) is 0. The van der Waals surface area contributed by atoms with Gasteiger partial charge in [0.15, 0.2) is 0 Å². The number of carbonyl (C=O) groups excluding carboxylic acids is 2. The number of nitrogens with one attached hydrogen (secondary N) is 1. The van der Waals surface area contributed by atoms with Crippen molar-refractivity contribution in [3.8, 4) is 11.1 Å². The molecule has 1 amide bonds. The molecule has 8 nitrogen and oxygen atoms in total. The summed E-state index contributed by atoms with van der Waals surface area (Å²) in [5, 5.41) is 13.5. The molecule has 1 aliphatic rings. The summed E-state index contributed by atoms with van der Waals surface area (Å²) in [4.78, 5) is 38.7. The standard InChI is InChI=1S/C32H32N2O6/c1-31(2,3)40-30(38)34-21(17-20-11-5-10-16-27(20)34)18-32(4,28(35)36)33-29(37)39-19-26-24-14-8-6-12-22(24)23-13-7-9-15-25(23)26/h5-17,26H,18-19H2,1-4H3,(H,33,37)(H,35,36)/t32-/m0/s1. The van der Waals surface area contributed by atoms with Gasteiger partial charge in [-0.2, -0.15) is 0 Å². The molecule has 1 aliphatic carbocycles. The molecule has 40 heavy (non-hydrogen) atoms. The number of carbonyl (C=O) groups is 3. The number of aliphatic carboxylic acids is 1. The molecule has 4 aromatic rings. The Hall–Kier alpha value is -4.59. The van der Waals surface area contributed by atoms with E-state index in [1.54, 1.807) is 39.0 Å². The minimum Gasteiger partial charge on any atom is -0.480 e. The maximum Gasteiger partial charge on any atom is 0.419 e. The first kappa shape index (κ1) is 27.0. The lowest BCUT2D eigenvalue weighted by Gasteiger charge is -2.27. The van der Waals surface area contributed by atoms with Crippen LogP contribution in [0.5, 0.6) is 0 Å². The van der Waals surface area contributed by atoms with Crippen LogP contribution < -0.4 is 5.32 Å². The van der Waals surface area contributed by atoms with Gasteiger partial charge >= 0.3 is 18.2 Å². The molecule has 0 radical (unpaired) electrons. The van der Waals surface area contributed by atoms with E-state index in [0.717, 1.165) is 27.6 Å². The Bertz CT molecular complexity index is 1570. The summed E-state index contributed by atoms with van der Waals surface area (Å²) in [6.07, 6.45) is -1.66. The van der Waals surface area contributed by atoms with Crippen LogP contribution in [0.2, 0.25) is 0 Å². The Balaban J connectivity index is 1.37. The predicted molar refractivity (Wildman–Crippen MR) is 152 cm³/mol. The molecular formula is C32H32N2O6. The highest BCUT2D eigenvalue weighted by molar-refractivity contribution is 5.92. The molecule has 0 spiro atoms. The number of aromatic nitrogens is 1. The number of carboxylic acid groups (broad SMARTS) is 1. The topological polar surface area (TPSA) is 107 Å². The van der Waals surface area contributed by atoms with Crippen molar-refractivity contribution >= 4 is 29.1 Å². The first-order valence-corrected chi connectivity index (χ1v) is 13.2. The van der Waals surface area contributed by atoms with E-state index >= 15 is 0 Å². The third kappa shape index (κ3) is 5.17. The molecule has 0 fully saturated rings. The van der Waals surface area contributed by atoms with E-state index in [2.05, 4.69) is 5.32 Å². The number of amides is 1. The Morgan fingerprint density at radius 2 is 1.45 bits per heavy atom. The monoisotopic (exact) mass is 540 g/mol. The first-order chi connectivity index (χ1) is 19.0. The van der Waals surface area contributed by atoms with Crippen molar-refractivity contribution in [3.63, 3.8) is 0 Å². The molecule has 0 saturated carbocycles. The normalized spacial score (nSPS) is 14.2. The number of benzene rings is 3. The highest BCUT2D eigenvalue weighted by Crippen LogP contribution is 2.44. The summed E-state index contributed by atoms with van der Waals surface area (Å²) >= 11 is 0. The highest BCUT2D eigenvalue weighted by atomic mass is 16.6. The van der Waals surface area contributed by atoms with Crippen LogP contribution in [0.1, 0.15) is 50.4 Å². The summed E-state index contributed by atoms with van der Waals surface area (Å²) in [5.74, 6) is -1.43. The summed E-state index contributed by atoms with van der Waals surface area (Å²) in [6.45, 7) is 6.73. The lowest BCUT2D eigenvalue weighted by molar-refractivity contribution is -0.144. The van der Waals surface area contributed by atoms with Gasteiger partial charge in [-0.1, -0.05) is 66.7 Å². The van der Waals surface area contributed by atoms with Gasteiger partial charge in [0.05, 0.1) is 5.52 Å². The van der Waals surface area contributed by atoms with Crippen LogP contribution in [-0.4, -0.2) is 45.6 Å². The quantitative estimate of drug-likeness (QED) is 0.295. The maximum absolute atomic E-state index is 13.2. The van der Waals surface area contributed by atoms with Gasteiger partial charge in [0, 0.05) is 23.4 Å². The SMILES string of the molecule is CC(C)(C)OC(=O)n1c(C[C@](C)(NC(=O)OCC2c3ccccc3-c3ccccc32)C(=O)O)cc2ccccc21. The molecule has 2 N–H and O–H groups in total. The minimum absolute atomic E-state index is 0.0493. The van der Waals surface area contributed by atoms with Gasteiger partial charge in [-0.3, -0.25) is 0 Å². The summed E-state index contributed by atoms with van der Waals surface area (Å²) in [5.41, 5.74) is 2.75. The fourth-order valence-corrected chi connectivity index (χ4v) is 5.26. The first-order valence-electron chi connectivity index (χ1n) is 13.2. The zero-order chi connectivity index (χ0) is 28.7. The fourth-order valence-electron chi connectivity index (χ4n) is 5.26. The number of hydrogen-bond donors (Lipinski definition) is 2. The number of ether oxygens (including phenoxy) is 2. The summed E-state index contributed by atoms with van der Waals surface area (Å²) in [6, 6.07) is 24.9. The van der Waals surface area contributed by atoms with E-state index in [9.17, 15) is 19.5 Å². The lowest BCUT2D eigenvalue weighted by Crippen LogP contribution is -2.54. The van der Waals surface area contributed by atoms with Crippen LogP contribution in [0.3, 0.4) is 0 Å². The average molecular weight is 541 g/mol. The molecule has 0 saturated heterocycles. The second-order valence-corrected chi connectivity index (χ2v) is 11.3. The molecule has 3 aromatic carbocycles. The Morgan fingerprint density at radius 1 is 0.875 bits per heavy atom. The molecule has 8 heteroatoms. The largest absolute Gasteiger partial charge is 0.480 e. The van der Waals surface area contributed by atoms with Crippen LogP contribution in [0.25, 0.3) is 22.0 Å². The minimum atomic E-state index is -1.77. The Kier molecular flexibility index (Phi) is 6.87. The van der Waals surface area contributed by atoms with Gasteiger partial charge in [-0.25, -0.2) is 19.0 Å². The molecule has 1 aromatic heterocycles. The number of para-hydroxylation sites is 1. The molecular weight excluding hydrogens is 508 g/mol. The van der Waals surface area contributed by atoms with E-state index in [0.29, 0.717) is 11.2 Å². The van der Waals surface area contributed by atoms with Crippen molar-refractivity contribution in [1.82, 2.24) is 9.88 Å². The zero-order valence-corrected chi connectivity index (χ0v) is 22.9. The van der Waals surface area contributed by atoms with Crippen molar-refractivity contribution in [1.29, 1.82) is 0 Å². The zero-order valence-electron chi connectivity index (χ0n) is 22.9. The van der Waals surface area contributed by atoms with E-state index in [4.69, 9.17) is 9.47 Å². The van der Waals surface area contributed by atoms with Crippen molar-refractivity contribution < 1.29 is 29.0 Å². The third-order valence-corrected chi connectivity index (χ3v) is 7.09. The Labute approximate surface area is 232 Å². The van der Waals surface area contributed by atoms with Crippen molar-refractivity contribution in [3.05, 3.63) is 95.7 Å². The highest BCUT2D eigenvalue weighted by Gasteiger charge is 2.38. The second-order valence-electron chi connectivity index (χ2n) is 11.3. The maximum atomic E-state index is 13.2. The van der Waals surface area contributed by atoms with Crippen LogP contribution in [0, 0.1) is 0 Å². The molecule has 206 valence electrons. The van der Waals surface area contributed by atoms with Crippen LogP contribution in [-0.2, 0) is 20.7 Å². The van der Waals surface area contributed by atoms with Gasteiger partial charge in [0.1, 0.15) is 17.7 Å². The number of nitrogens with zero attached hydrogens (tertiary/aromatic N) is 1. The van der Waals surface area contributed by atoms with Crippen molar-refractivity contribution in [2.24, 2.45) is 0 Å². The van der Waals surface area contributed by atoms with E-state index in [1.807, 2.05) is 60.7 Å². The van der Waals surface area contributed by atoms with Crippen molar-refractivity contribution in [2.75, 3.05) is 6.61 Å². The number of carboxylic acids is 1. The molecule has 0 aliphatic heterocycles. The van der Waals surface area contributed by atoms with Crippen molar-refractivity contribution in [2.45, 2.75) is 51.2 Å². The molecule has 1 atom stereocenters.